The lowest BCUT2D eigenvalue weighted by Crippen LogP contribution is -2.11. The molecule has 0 saturated heterocycles. The number of primary amides is 1. The van der Waals surface area contributed by atoms with Gasteiger partial charge >= 0.3 is 5.97 Å². The average molecular weight is 181 g/mol. The minimum Gasteiger partial charge on any atom is -0.507 e. The molecule has 0 aliphatic carbocycles. The summed E-state index contributed by atoms with van der Waals surface area (Å²) in [5.41, 5.74) is 4.71. The third-order valence-corrected chi connectivity index (χ3v) is 1.51. The summed E-state index contributed by atoms with van der Waals surface area (Å²) in [4.78, 5) is 21.0. The number of aromatic carboxylic acids is 1. The lowest BCUT2D eigenvalue weighted by Gasteiger charge is -2.00. The van der Waals surface area contributed by atoms with E-state index in [1.807, 2.05) is 0 Å². The molecule has 4 N–H and O–H groups in total. The summed E-state index contributed by atoms with van der Waals surface area (Å²) in [5.74, 6) is -2.40. The Bertz CT molecular complexity index is 372. The van der Waals surface area contributed by atoms with Gasteiger partial charge in [-0.1, -0.05) is 0 Å². The molecule has 1 amide bonds. The van der Waals surface area contributed by atoms with Crippen molar-refractivity contribution in [2.45, 2.75) is 0 Å². The highest BCUT2D eigenvalue weighted by Crippen LogP contribution is 2.17. The Morgan fingerprint density at radius 2 is 1.92 bits per heavy atom. The molecule has 0 aliphatic rings. The van der Waals surface area contributed by atoms with E-state index in [-0.39, 0.29) is 11.1 Å². The lowest BCUT2D eigenvalue weighted by molar-refractivity contribution is 0.0695. The van der Waals surface area contributed by atoms with Gasteiger partial charge in [0.2, 0.25) is 0 Å². The summed E-state index contributed by atoms with van der Waals surface area (Å²) in [6, 6.07) is 3.34. The first-order valence-corrected chi connectivity index (χ1v) is 3.38. The van der Waals surface area contributed by atoms with Gasteiger partial charge in [-0.05, 0) is 18.2 Å². The zero-order valence-electron chi connectivity index (χ0n) is 6.52. The van der Waals surface area contributed by atoms with Crippen LogP contribution < -0.4 is 5.73 Å². The fourth-order valence-electron chi connectivity index (χ4n) is 0.873. The highest BCUT2D eigenvalue weighted by molar-refractivity contribution is 5.97. The van der Waals surface area contributed by atoms with Crippen LogP contribution in [0.2, 0.25) is 0 Å². The minimum absolute atomic E-state index is 0.0926. The maximum absolute atomic E-state index is 10.6. The van der Waals surface area contributed by atoms with Gasteiger partial charge in [-0.15, -0.1) is 0 Å². The van der Waals surface area contributed by atoms with E-state index in [4.69, 9.17) is 15.9 Å². The van der Waals surface area contributed by atoms with Crippen LogP contribution in [-0.2, 0) is 0 Å². The Balaban J connectivity index is 3.20. The van der Waals surface area contributed by atoms with E-state index in [0.717, 1.165) is 6.07 Å². The van der Waals surface area contributed by atoms with E-state index in [2.05, 4.69) is 0 Å². The van der Waals surface area contributed by atoms with E-state index in [1.165, 1.54) is 12.1 Å². The Kier molecular flexibility index (Phi) is 2.19. The van der Waals surface area contributed by atoms with E-state index >= 15 is 0 Å². The molecule has 68 valence electrons. The molecule has 1 rings (SSSR count). The molecule has 13 heavy (non-hydrogen) atoms. The Hall–Kier alpha value is -2.04. The molecule has 0 heterocycles. The molecule has 0 atom stereocenters. The van der Waals surface area contributed by atoms with Crippen LogP contribution in [0.4, 0.5) is 0 Å². The summed E-state index contributed by atoms with van der Waals surface area (Å²) in [7, 11) is 0. The number of carboxylic acids is 1. The van der Waals surface area contributed by atoms with Crippen molar-refractivity contribution in [3.05, 3.63) is 29.3 Å². The first-order valence-electron chi connectivity index (χ1n) is 3.38. The van der Waals surface area contributed by atoms with Gasteiger partial charge in [0.15, 0.2) is 0 Å². The molecular weight excluding hydrogens is 174 g/mol. The van der Waals surface area contributed by atoms with Crippen molar-refractivity contribution in [3.63, 3.8) is 0 Å². The molecule has 5 nitrogen and oxygen atoms in total. The number of hydrogen-bond acceptors (Lipinski definition) is 3. The van der Waals surface area contributed by atoms with Crippen LogP contribution in [0.15, 0.2) is 18.2 Å². The van der Waals surface area contributed by atoms with Crippen molar-refractivity contribution in [3.8, 4) is 5.75 Å². The fourth-order valence-corrected chi connectivity index (χ4v) is 0.873. The standard InChI is InChI=1S/C8H7NO4/c9-7(11)5-2-1-4(8(12)13)3-6(5)10/h1-3,10H,(H2,9,11)(H,12,13). The third kappa shape index (κ3) is 1.76. The lowest BCUT2D eigenvalue weighted by atomic mass is 10.1. The molecule has 0 aromatic heterocycles. The van der Waals surface area contributed by atoms with Crippen molar-refractivity contribution < 1.29 is 19.8 Å². The fraction of sp³-hybridized carbons (Fsp3) is 0. The van der Waals surface area contributed by atoms with Crippen LogP contribution in [0.25, 0.3) is 0 Å². The van der Waals surface area contributed by atoms with Crippen molar-refractivity contribution in [1.29, 1.82) is 0 Å². The van der Waals surface area contributed by atoms with E-state index < -0.39 is 17.6 Å². The van der Waals surface area contributed by atoms with E-state index in [0.29, 0.717) is 0 Å². The first-order chi connectivity index (χ1) is 6.02. The number of amides is 1. The maximum Gasteiger partial charge on any atom is 0.335 e. The van der Waals surface area contributed by atoms with Gasteiger partial charge in [-0.3, -0.25) is 4.79 Å². The number of benzene rings is 1. The number of phenols is 1. The molecule has 0 fully saturated rings. The van der Waals surface area contributed by atoms with E-state index in [9.17, 15) is 9.59 Å². The molecule has 0 saturated carbocycles. The van der Waals surface area contributed by atoms with Gasteiger partial charge in [0, 0.05) is 0 Å². The predicted molar refractivity (Wildman–Crippen MR) is 43.6 cm³/mol. The zero-order valence-corrected chi connectivity index (χ0v) is 6.52. The molecule has 0 unspecified atom stereocenters. The van der Waals surface area contributed by atoms with Gasteiger partial charge in [0.05, 0.1) is 11.1 Å². The second-order valence-corrected chi connectivity index (χ2v) is 2.40. The van der Waals surface area contributed by atoms with Crippen LogP contribution in [0.3, 0.4) is 0 Å². The number of aromatic hydroxyl groups is 1. The third-order valence-electron chi connectivity index (χ3n) is 1.51. The molecular formula is C8H7NO4. The Labute approximate surface area is 73.4 Å². The van der Waals surface area contributed by atoms with Gasteiger partial charge in [0.1, 0.15) is 5.75 Å². The highest BCUT2D eigenvalue weighted by Gasteiger charge is 2.10. The molecule has 0 radical (unpaired) electrons. The Morgan fingerprint density at radius 1 is 1.31 bits per heavy atom. The van der Waals surface area contributed by atoms with Gasteiger partial charge in [0.25, 0.3) is 5.91 Å². The first kappa shape index (κ1) is 9.05. The number of nitrogens with two attached hydrogens (primary N) is 1. The molecule has 1 aromatic rings. The molecule has 0 bridgehead atoms. The molecule has 1 aromatic carbocycles. The summed E-state index contributed by atoms with van der Waals surface area (Å²) in [6.45, 7) is 0. The van der Waals surface area contributed by atoms with Crippen LogP contribution in [0.1, 0.15) is 20.7 Å². The van der Waals surface area contributed by atoms with Crippen molar-refractivity contribution in [2.24, 2.45) is 5.73 Å². The van der Waals surface area contributed by atoms with Gasteiger partial charge in [-0.25, -0.2) is 4.79 Å². The van der Waals surface area contributed by atoms with Gasteiger partial charge < -0.3 is 15.9 Å². The van der Waals surface area contributed by atoms with Crippen LogP contribution in [0.5, 0.6) is 5.75 Å². The van der Waals surface area contributed by atoms with Crippen LogP contribution >= 0.6 is 0 Å². The van der Waals surface area contributed by atoms with Crippen molar-refractivity contribution in [1.82, 2.24) is 0 Å². The average Bonchev–Trinajstić information content (AvgIpc) is 2.03. The molecule has 5 heteroatoms. The van der Waals surface area contributed by atoms with Crippen LogP contribution in [0, 0.1) is 0 Å². The van der Waals surface area contributed by atoms with Crippen molar-refractivity contribution in [2.75, 3.05) is 0 Å². The second kappa shape index (κ2) is 3.14. The molecule has 0 aliphatic heterocycles. The number of carbonyl (C=O) groups is 2. The molecule has 0 spiro atoms. The smallest absolute Gasteiger partial charge is 0.335 e. The van der Waals surface area contributed by atoms with E-state index in [1.54, 1.807) is 0 Å². The van der Waals surface area contributed by atoms with Crippen molar-refractivity contribution >= 4 is 11.9 Å². The monoisotopic (exact) mass is 181 g/mol. The topological polar surface area (TPSA) is 101 Å². The summed E-state index contributed by atoms with van der Waals surface area (Å²) < 4.78 is 0. The number of hydrogen-bond donors (Lipinski definition) is 3. The predicted octanol–water partition coefficient (Wildman–Crippen LogP) is 0.189. The number of rotatable bonds is 2. The quantitative estimate of drug-likeness (QED) is 0.606. The summed E-state index contributed by atoms with van der Waals surface area (Å²) in [6.07, 6.45) is 0. The Morgan fingerprint density at radius 3 is 2.31 bits per heavy atom. The summed E-state index contributed by atoms with van der Waals surface area (Å²) >= 11 is 0. The second-order valence-electron chi connectivity index (χ2n) is 2.40. The summed E-state index contributed by atoms with van der Waals surface area (Å²) in [5, 5.41) is 17.7. The highest BCUT2D eigenvalue weighted by atomic mass is 16.4. The zero-order chi connectivity index (χ0) is 10.0. The van der Waals surface area contributed by atoms with Crippen LogP contribution in [-0.4, -0.2) is 22.1 Å². The maximum atomic E-state index is 10.6. The van der Waals surface area contributed by atoms with Gasteiger partial charge in [-0.2, -0.15) is 0 Å². The number of carbonyl (C=O) groups excluding carboxylic acids is 1. The normalized spacial score (nSPS) is 9.54. The SMILES string of the molecule is NC(=O)c1ccc(C(=O)O)cc1O. The minimum atomic E-state index is -1.17. The number of carboxylic acid groups (broad SMARTS) is 1. The largest absolute Gasteiger partial charge is 0.507 e.